The van der Waals surface area contributed by atoms with E-state index in [1.165, 1.54) is 0 Å². The molecule has 126 valence electrons. The van der Waals surface area contributed by atoms with Gasteiger partial charge in [0.05, 0.1) is 5.57 Å². The number of hydrogen-bond donors (Lipinski definition) is 1. The minimum absolute atomic E-state index is 0.409. The summed E-state index contributed by atoms with van der Waals surface area (Å²) in [6.07, 6.45) is 0. The molecule has 7 nitrogen and oxygen atoms in total. The highest BCUT2D eigenvalue weighted by atomic mass is 35.5. The van der Waals surface area contributed by atoms with Crippen molar-refractivity contribution in [3.63, 3.8) is 0 Å². The Kier molecular flexibility index (Phi) is 4.04. The number of ether oxygens (including phenoxy) is 1. The third-order valence-electron chi connectivity index (χ3n) is 3.52. The van der Waals surface area contributed by atoms with E-state index in [0.717, 1.165) is 5.56 Å². The van der Waals surface area contributed by atoms with Crippen molar-refractivity contribution in [2.45, 2.75) is 39.3 Å². The Morgan fingerprint density at radius 3 is 2.58 bits per heavy atom. The Bertz CT molecular complexity index is 805. The molecule has 0 fully saturated rings. The number of tetrazole rings is 1. The Labute approximate surface area is 144 Å². The Morgan fingerprint density at radius 1 is 1.29 bits per heavy atom. The van der Waals surface area contributed by atoms with E-state index in [0.29, 0.717) is 22.2 Å². The molecule has 3 rings (SSSR count). The number of allylic oxidation sites excluding steroid dienone is 1. The molecule has 8 heteroatoms. The lowest BCUT2D eigenvalue weighted by Gasteiger charge is -2.29. The summed E-state index contributed by atoms with van der Waals surface area (Å²) in [4.78, 5) is 12.8. The van der Waals surface area contributed by atoms with Crippen LogP contribution >= 0.6 is 11.6 Å². The van der Waals surface area contributed by atoms with E-state index in [-0.39, 0.29) is 0 Å². The van der Waals surface area contributed by atoms with Gasteiger partial charge in [-0.15, -0.1) is 0 Å². The summed E-state index contributed by atoms with van der Waals surface area (Å²) in [5.74, 6) is 0.0633. The Morgan fingerprint density at radius 2 is 1.96 bits per heavy atom. The number of nitrogens with one attached hydrogen (secondary N) is 1. The average molecular weight is 348 g/mol. The van der Waals surface area contributed by atoms with Crippen molar-refractivity contribution >= 4 is 23.5 Å². The van der Waals surface area contributed by atoms with Gasteiger partial charge in [0.15, 0.2) is 0 Å². The minimum Gasteiger partial charge on any atom is -0.456 e. The fourth-order valence-electron chi connectivity index (χ4n) is 2.56. The second-order valence-corrected chi connectivity index (χ2v) is 7.00. The minimum atomic E-state index is -0.601. The average Bonchev–Trinajstić information content (AvgIpc) is 2.92. The van der Waals surface area contributed by atoms with E-state index >= 15 is 0 Å². The van der Waals surface area contributed by atoms with Gasteiger partial charge in [0.1, 0.15) is 11.6 Å². The van der Waals surface area contributed by atoms with E-state index in [1.54, 1.807) is 23.7 Å². The second-order valence-electron chi connectivity index (χ2n) is 6.57. The molecule has 1 atom stereocenters. The third kappa shape index (κ3) is 3.12. The molecule has 0 saturated heterocycles. The molecule has 0 saturated carbocycles. The zero-order valence-corrected chi connectivity index (χ0v) is 14.6. The van der Waals surface area contributed by atoms with Gasteiger partial charge in [0.2, 0.25) is 5.95 Å². The molecular weight excluding hydrogens is 330 g/mol. The standard InChI is InChI=1S/C16H18ClN5O2/c1-9-12(14(23)24-16(2,3)4)13(10-5-7-11(17)8-6-10)22-15(18-9)19-20-21-22/h5-8,13H,1-4H3,(H,18,19,21)/t13-/m0/s1. The Balaban J connectivity index is 2.10. The first kappa shape index (κ1) is 16.4. The van der Waals surface area contributed by atoms with E-state index in [9.17, 15) is 4.79 Å². The van der Waals surface area contributed by atoms with Crippen LogP contribution in [0.3, 0.4) is 0 Å². The normalized spacial score (nSPS) is 17.3. The highest BCUT2D eigenvalue weighted by molar-refractivity contribution is 6.30. The lowest BCUT2D eigenvalue weighted by Crippen LogP contribution is -2.33. The number of fused-ring (bicyclic) bond motifs is 1. The molecule has 0 spiro atoms. The maximum Gasteiger partial charge on any atom is 0.338 e. The third-order valence-corrected chi connectivity index (χ3v) is 3.77. The molecule has 2 aromatic rings. The number of carbonyl (C=O) groups is 1. The molecule has 0 aliphatic carbocycles. The molecule has 0 radical (unpaired) electrons. The van der Waals surface area contributed by atoms with Crippen LogP contribution in [0.2, 0.25) is 5.02 Å². The molecule has 0 amide bonds. The van der Waals surface area contributed by atoms with E-state index in [4.69, 9.17) is 16.3 Å². The van der Waals surface area contributed by atoms with Gasteiger partial charge in [0, 0.05) is 10.7 Å². The van der Waals surface area contributed by atoms with Gasteiger partial charge in [-0.2, -0.15) is 4.68 Å². The van der Waals surface area contributed by atoms with Crippen LogP contribution in [0.25, 0.3) is 0 Å². The number of halogens is 1. The summed E-state index contributed by atoms with van der Waals surface area (Å²) in [5.41, 5.74) is 1.36. The largest absolute Gasteiger partial charge is 0.456 e. The number of anilines is 1. The monoisotopic (exact) mass is 347 g/mol. The zero-order valence-electron chi connectivity index (χ0n) is 13.9. The summed E-state index contributed by atoms with van der Waals surface area (Å²) in [6.45, 7) is 7.30. The van der Waals surface area contributed by atoms with E-state index in [1.807, 2.05) is 32.9 Å². The maximum absolute atomic E-state index is 12.8. The van der Waals surface area contributed by atoms with Crippen LogP contribution in [0.4, 0.5) is 5.95 Å². The van der Waals surface area contributed by atoms with Gasteiger partial charge in [0.25, 0.3) is 0 Å². The first-order valence-corrected chi connectivity index (χ1v) is 7.88. The lowest BCUT2D eigenvalue weighted by atomic mass is 9.95. The molecule has 2 heterocycles. The number of benzene rings is 1. The van der Waals surface area contributed by atoms with Crippen molar-refractivity contribution in [1.82, 2.24) is 20.2 Å². The summed E-state index contributed by atoms with van der Waals surface area (Å²) in [5, 5.41) is 15.3. The smallest absolute Gasteiger partial charge is 0.338 e. The van der Waals surface area contributed by atoms with Gasteiger partial charge in [-0.25, -0.2) is 4.79 Å². The molecule has 1 aromatic heterocycles. The maximum atomic E-state index is 12.8. The second kappa shape index (κ2) is 5.90. The van der Waals surface area contributed by atoms with Crippen LogP contribution < -0.4 is 5.32 Å². The number of carbonyl (C=O) groups excluding carboxylic acids is 1. The van der Waals surface area contributed by atoms with E-state index in [2.05, 4.69) is 20.8 Å². The van der Waals surface area contributed by atoms with Crippen molar-refractivity contribution in [1.29, 1.82) is 0 Å². The van der Waals surface area contributed by atoms with Crippen molar-refractivity contribution in [3.8, 4) is 0 Å². The number of esters is 1. The van der Waals surface area contributed by atoms with Gasteiger partial charge in [-0.05, 0) is 55.8 Å². The predicted molar refractivity (Wildman–Crippen MR) is 89.6 cm³/mol. The van der Waals surface area contributed by atoms with Crippen LogP contribution in [0.15, 0.2) is 35.5 Å². The summed E-state index contributed by atoms with van der Waals surface area (Å²) >= 11 is 5.98. The quantitative estimate of drug-likeness (QED) is 0.841. The van der Waals surface area contributed by atoms with Crippen LogP contribution in [0, 0.1) is 0 Å². The summed E-state index contributed by atoms with van der Waals surface area (Å²) in [7, 11) is 0. The fourth-order valence-corrected chi connectivity index (χ4v) is 2.69. The predicted octanol–water partition coefficient (Wildman–Crippen LogP) is 2.96. The number of rotatable bonds is 2. The van der Waals surface area contributed by atoms with Crippen molar-refractivity contribution in [2.75, 3.05) is 5.32 Å². The van der Waals surface area contributed by atoms with Crippen molar-refractivity contribution in [2.24, 2.45) is 0 Å². The summed E-state index contributed by atoms with van der Waals surface area (Å²) < 4.78 is 7.13. The van der Waals surface area contributed by atoms with Crippen molar-refractivity contribution in [3.05, 3.63) is 46.1 Å². The molecule has 1 N–H and O–H groups in total. The molecule has 0 unspecified atom stereocenters. The zero-order chi connectivity index (χ0) is 17.5. The first-order valence-electron chi connectivity index (χ1n) is 7.51. The van der Waals surface area contributed by atoms with Crippen LogP contribution in [-0.4, -0.2) is 31.8 Å². The molecule has 1 aromatic carbocycles. The van der Waals surface area contributed by atoms with Crippen LogP contribution in [-0.2, 0) is 9.53 Å². The molecular formula is C16H18ClN5O2. The molecule has 24 heavy (non-hydrogen) atoms. The van der Waals surface area contributed by atoms with Crippen LogP contribution in [0.1, 0.15) is 39.3 Å². The van der Waals surface area contributed by atoms with Crippen molar-refractivity contribution < 1.29 is 9.53 Å². The van der Waals surface area contributed by atoms with Gasteiger partial charge in [-0.3, -0.25) is 0 Å². The van der Waals surface area contributed by atoms with Crippen LogP contribution in [0.5, 0.6) is 0 Å². The topological polar surface area (TPSA) is 81.9 Å². The fraction of sp³-hybridized carbons (Fsp3) is 0.375. The highest BCUT2D eigenvalue weighted by Crippen LogP contribution is 2.35. The SMILES string of the molecule is CC1=C(C(=O)OC(C)(C)C)[C@H](c2ccc(Cl)cc2)n2nnnc2N1. The highest BCUT2D eigenvalue weighted by Gasteiger charge is 2.36. The first-order chi connectivity index (χ1) is 11.3. The molecule has 1 aliphatic rings. The van der Waals surface area contributed by atoms with Gasteiger partial charge >= 0.3 is 5.97 Å². The number of hydrogen-bond acceptors (Lipinski definition) is 6. The summed E-state index contributed by atoms with van der Waals surface area (Å²) in [6, 6.07) is 6.75. The Hall–Kier alpha value is -2.41. The molecule has 1 aliphatic heterocycles. The lowest BCUT2D eigenvalue weighted by molar-refractivity contribution is -0.150. The number of aromatic nitrogens is 4. The van der Waals surface area contributed by atoms with Gasteiger partial charge < -0.3 is 10.1 Å². The number of nitrogens with zero attached hydrogens (tertiary/aromatic N) is 4. The van der Waals surface area contributed by atoms with E-state index < -0.39 is 17.6 Å². The van der Waals surface area contributed by atoms with Gasteiger partial charge in [-0.1, -0.05) is 28.8 Å². The molecule has 0 bridgehead atoms.